The molecule has 1 amide bonds. The van der Waals surface area contributed by atoms with Gasteiger partial charge in [0.1, 0.15) is 5.76 Å². The zero-order chi connectivity index (χ0) is 23.0. The Morgan fingerprint density at radius 3 is 2.48 bits per heavy atom. The first-order valence-electron chi connectivity index (χ1n) is 11.1. The molecule has 0 radical (unpaired) electrons. The number of likely N-dealkylation sites (tertiary alicyclic amines) is 1. The second kappa shape index (κ2) is 8.61. The van der Waals surface area contributed by atoms with Crippen molar-refractivity contribution in [1.82, 2.24) is 10.2 Å². The van der Waals surface area contributed by atoms with Crippen molar-refractivity contribution in [3.8, 4) is 0 Å². The molecule has 3 heterocycles. The van der Waals surface area contributed by atoms with Crippen molar-refractivity contribution in [3.05, 3.63) is 83.3 Å². The fourth-order valence-corrected chi connectivity index (χ4v) is 6.31. The summed E-state index contributed by atoms with van der Waals surface area (Å²) >= 11 is 0. The maximum atomic E-state index is 13.1. The summed E-state index contributed by atoms with van der Waals surface area (Å²) in [6, 6.07) is 14.0. The minimum Gasteiger partial charge on any atom is -0.468 e. The lowest BCUT2D eigenvalue weighted by Gasteiger charge is -2.33. The smallest absolute Gasteiger partial charge is 0.251 e. The molecular formula is C25H24N2O5S. The van der Waals surface area contributed by atoms with E-state index in [1.165, 1.54) is 36.8 Å². The second-order valence-corrected chi connectivity index (χ2v) is 10.3. The Balaban J connectivity index is 1.40. The molecule has 33 heavy (non-hydrogen) atoms. The van der Waals surface area contributed by atoms with Crippen molar-refractivity contribution in [1.29, 1.82) is 0 Å². The van der Waals surface area contributed by atoms with Gasteiger partial charge in [-0.1, -0.05) is 18.6 Å². The van der Waals surface area contributed by atoms with Crippen molar-refractivity contribution in [3.63, 3.8) is 0 Å². The van der Waals surface area contributed by atoms with Crippen molar-refractivity contribution in [2.45, 2.75) is 35.1 Å². The van der Waals surface area contributed by atoms with Gasteiger partial charge < -0.3 is 9.73 Å². The van der Waals surface area contributed by atoms with E-state index in [2.05, 4.69) is 10.2 Å². The predicted molar refractivity (Wildman–Crippen MR) is 121 cm³/mol. The van der Waals surface area contributed by atoms with Crippen molar-refractivity contribution >= 4 is 21.5 Å². The topological polar surface area (TPSA) is 96.7 Å². The fraction of sp³-hybridized carbons (Fsp3) is 0.280. The monoisotopic (exact) mass is 464 g/mol. The normalized spacial score (nSPS) is 18.2. The maximum absolute atomic E-state index is 13.1. The van der Waals surface area contributed by atoms with E-state index in [1.54, 1.807) is 18.4 Å². The van der Waals surface area contributed by atoms with E-state index >= 15 is 0 Å². The molecule has 1 aromatic heterocycles. The van der Waals surface area contributed by atoms with Crippen LogP contribution in [0.1, 0.15) is 57.3 Å². The number of ketones is 1. The first-order valence-corrected chi connectivity index (χ1v) is 12.5. The Hall–Kier alpha value is -3.23. The number of hydrogen-bond donors (Lipinski definition) is 1. The van der Waals surface area contributed by atoms with Gasteiger partial charge in [0.05, 0.1) is 22.1 Å². The Morgan fingerprint density at radius 1 is 0.970 bits per heavy atom. The van der Waals surface area contributed by atoms with E-state index in [-0.39, 0.29) is 38.3 Å². The van der Waals surface area contributed by atoms with E-state index < -0.39 is 15.7 Å². The highest BCUT2D eigenvalue weighted by molar-refractivity contribution is 7.91. The molecule has 1 N–H and O–H groups in total. The minimum absolute atomic E-state index is 0.0250. The number of nitrogens with zero attached hydrogens (tertiary/aromatic N) is 1. The van der Waals surface area contributed by atoms with Crippen LogP contribution in [0.4, 0.5) is 0 Å². The average molecular weight is 465 g/mol. The number of fused-ring (bicyclic) bond motifs is 2. The van der Waals surface area contributed by atoms with E-state index in [0.29, 0.717) is 6.54 Å². The highest BCUT2D eigenvalue weighted by Crippen LogP contribution is 2.34. The van der Waals surface area contributed by atoms with Gasteiger partial charge in [-0.05, 0) is 68.4 Å². The van der Waals surface area contributed by atoms with Crippen molar-refractivity contribution < 1.29 is 22.4 Å². The lowest BCUT2D eigenvalue weighted by molar-refractivity contribution is 0.0912. The summed E-state index contributed by atoms with van der Waals surface area (Å²) in [5, 5.41) is 2.93. The van der Waals surface area contributed by atoms with Crippen LogP contribution in [0.3, 0.4) is 0 Å². The lowest BCUT2D eigenvalue weighted by Crippen LogP contribution is -2.40. The van der Waals surface area contributed by atoms with Gasteiger partial charge in [-0.2, -0.15) is 0 Å². The zero-order valence-electron chi connectivity index (χ0n) is 18.0. The summed E-state index contributed by atoms with van der Waals surface area (Å²) < 4.78 is 31.9. The van der Waals surface area contributed by atoms with Gasteiger partial charge in [0.15, 0.2) is 5.78 Å². The SMILES string of the molecule is O=C(NC[C@@H](c1ccco1)N1CCCCC1)c1ccc2c(c1)S(=O)(=O)c1ccccc1C2=O. The molecule has 1 saturated heterocycles. The van der Waals surface area contributed by atoms with Crippen LogP contribution < -0.4 is 5.32 Å². The molecule has 2 aromatic carbocycles. The molecular weight excluding hydrogens is 440 g/mol. The summed E-state index contributed by atoms with van der Waals surface area (Å²) in [6.45, 7) is 2.19. The van der Waals surface area contributed by atoms with Crippen LogP contribution in [0.15, 0.2) is 75.1 Å². The van der Waals surface area contributed by atoms with E-state index in [1.807, 2.05) is 12.1 Å². The summed E-state index contributed by atoms with van der Waals surface area (Å²) in [7, 11) is -3.90. The largest absolute Gasteiger partial charge is 0.468 e. The highest BCUT2D eigenvalue weighted by atomic mass is 32.2. The maximum Gasteiger partial charge on any atom is 0.251 e. The van der Waals surface area contributed by atoms with Crippen molar-refractivity contribution in [2.75, 3.05) is 19.6 Å². The minimum atomic E-state index is -3.90. The van der Waals surface area contributed by atoms with Crippen LogP contribution >= 0.6 is 0 Å². The average Bonchev–Trinajstić information content (AvgIpc) is 3.38. The van der Waals surface area contributed by atoms with Gasteiger partial charge in [0.25, 0.3) is 5.91 Å². The summed E-state index contributed by atoms with van der Waals surface area (Å²) in [5.74, 6) is 0.0330. The standard InChI is InChI=1S/C25H24N2O5S/c28-24-18-7-2-3-9-22(18)33(30,31)23-15-17(10-11-19(23)24)25(29)26-16-20(21-8-6-14-32-21)27-12-4-1-5-13-27/h2-3,6-11,14-15,20H,1,4-5,12-13,16H2,(H,26,29)/t20-/m0/s1. The number of piperidine rings is 1. The number of nitrogens with one attached hydrogen (secondary N) is 1. The lowest BCUT2D eigenvalue weighted by atomic mass is 10.0. The molecule has 7 nitrogen and oxygen atoms in total. The Labute approximate surface area is 192 Å². The van der Waals surface area contributed by atoms with Crippen LogP contribution in [-0.2, 0) is 9.84 Å². The molecule has 0 aliphatic carbocycles. The van der Waals surface area contributed by atoms with E-state index in [9.17, 15) is 18.0 Å². The molecule has 0 unspecified atom stereocenters. The number of benzene rings is 2. The second-order valence-electron chi connectivity index (χ2n) is 8.38. The zero-order valence-corrected chi connectivity index (χ0v) is 18.8. The van der Waals surface area contributed by atoms with Crippen LogP contribution in [0, 0.1) is 0 Å². The highest BCUT2D eigenvalue weighted by Gasteiger charge is 2.35. The fourth-order valence-electron chi connectivity index (χ4n) is 4.64. The summed E-state index contributed by atoms with van der Waals surface area (Å²) in [5.41, 5.74) is 0.443. The number of furan rings is 1. The van der Waals surface area contributed by atoms with Gasteiger partial charge >= 0.3 is 0 Å². The van der Waals surface area contributed by atoms with Gasteiger partial charge in [-0.15, -0.1) is 0 Å². The van der Waals surface area contributed by atoms with Crippen LogP contribution in [0.2, 0.25) is 0 Å². The number of carbonyl (C=O) groups excluding carboxylic acids is 2. The molecule has 2 aliphatic heterocycles. The number of sulfone groups is 1. The van der Waals surface area contributed by atoms with E-state index in [4.69, 9.17) is 4.42 Å². The molecule has 1 fully saturated rings. The van der Waals surface area contributed by atoms with E-state index in [0.717, 1.165) is 31.7 Å². The molecule has 170 valence electrons. The third-order valence-electron chi connectivity index (χ3n) is 6.36. The molecule has 0 spiro atoms. The number of amides is 1. The van der Waals surface area contributed by atoms with Gasteiger partial charge in [0, 0.05) is 23.2 Å². The van der Waals surface area contributed by atoms with Crippen molar-refractivity contribution in [2.24, 2.45) is 0 Å². The quantitative estimate of drug-likeness (QED) is 0.485. The Bertz CT molecular complexity index is 1310. The number of carbonyl (C=O) groups is 2. The van der Waals surface area contributed by atoms with Gasteiger partial charge in [0.2, 0.25) is 9.84 Å². The van der Waals surface area contributed by atoms with Crippen LogP contribution in [0.25, 0.3) is 0 Å². The first kappa shape index (κ1) is 21.6. The third-order valence-corrected chi connectivity index (χ3v) is 8.21. The van der Waals surface area contributed by atoms with Crippen LogP contribution in [0.5, 0.6) is 0 Å². The molecule has 0 bridgehead atoms. The Kier molecular flexibility index (Phi) is 5.64. The predicted octanol–water partition coefficient (Wildman–Crippen LogP) is 3.61. The molecule has 5 rings (SSSR count). The molecule has 3 aromatic rings. The molecule has 1 atom stereocenters. The van der Waals surface area contributed by atoms with Gasteiger partial charge in [-0.3, -0.25) is 14.5 Å². The molecule has 8 heteroatoms. The summed E-state index contributed by atoms with van der Waals surface area (Å²) in [4.78, 5) is 28.0. The first-order chi connectivity index (χ1) is 16.0. The number of hydrogen-bond acceptors (Lipinski definition) is 6. The number of rotatable bonds is 5. The van der Waals surface area contributed by atoms with Crippen LogP contribution in [-0.4, -0.2) is 44.6 Å². The summed E-state index contributed by atoms with van der Waals surface area (Å²) in [6.07, 6.45) is 5.02. The molecule has 0 saturated carbocycles. The third kappa shape index (κ3) is 3.89. The molecule has 2 aliphatic rings. The Morgan fingerprint density at radius 2 is 1.73 bits per heavy atom. The van der Waals surface area contributed by atoms with Gasteiger partial charge in [-0.25, -0.2) is 8.42 Å².